The molecular formula is C12H12F3N3O2. The van der Waals surface area contributed by atoms with Crippen molar-refractivity contribution in [3.63, 3.8) is 0 Å². The molecule has 0 aliphatic carbocycles. The zero-order valence-electron chi connectivity index (χ0n) is 11.0. The average Bonchev–Trinajstić information content (AvgIpc) is 2.68. The number of rotatable bonds is 1. The van der Waals surface area contributed by atoms with E-state index < -0.39 is 28.9 Å². The van der Waals surface area contributed by atoms with Crippen LogP contribution in [0.15, 0.2) is 12.1 Å². The Morgan fingerprint density at radius 2 is 1.85 bits per heavy atom. The molecule has 8 heteroatoms. The van der Waals surface area contributed by atoms with E-state index in [-0.39, 0.29) is 11.3 Å². The molecule has 0 amide bonds. The molecule has 0 aromatic carbocycles. The maximum Gasteiger partial charge on any atom is 0.433 e. The van der Waals surface area contributed by atoms with Gasteiger partial charge in [-0.2, -0.15) is 18.3 Å². The van der Waals surface area contributed by atoms with E-state index in [2.05, 4.69) is 10.1 Å². The third-order valence-corrected chi connectivity index (χ3v) is 2.71. The van der Waals surface area contributed by atoms with Gasteiger partial charge in [0.25, 0.3) is 0 Å². The van der Waals surface area contributed by atoms with E-state index in [0.717, 1.165) is 12.1 Å². The number of fused-ring (bicyclic) bond motifs is 1. The zero-order chi connectivity index (χ0) is 15.3. The van der Waals surface area contributed by atoms with Crippen LogP contribution in [0.5, 0.6) is 0 Å². The molecule has 5 nitrogen and oxygen atoms in total. The van der Waals surface area contributed by atoms with Crippen LogP contribution in [0.1, 0.15) is 42.6 Å². The highest BCUT2D eigenvalue weighted by Crippen LogP contribution is 2.32. The van der Waals surface area contributed by atoms with Crippen LogP contribution in [-0.2, 0) is 11.6 Å². The molecule has 0 saturated carbocycles. The van der Waals surface area contributed by atoms with Crippen molar-refractivity contribution in [1.82, 2.24) is 14.6 Å². The molecule has 0 atom stereocenters. The summed E-state index contributed by atoms with van der Waals surface area (Å²) < 4.78 is 39.7. The smallest absolute Gasteiger partial charge is 0.433 e. The van der Waals surface area contributed by atoms with Crippen molar-refractivity contribution >= 4 is 11.6 Å². The first kappa shape index (κ1) is 14.3. The Morgan fingerprint density at radius 3 is 2.30 bits per heavy atom. The number of halogens is 3. The Hall–Kier alpha value is -2.12. The number of carboxylic acids is 1. The normalized spacial score (nSPS) is 12.9. The van der Waals surface area contributed by atoms with Crippen LogP contribution in [-0.4, -0.2) is 25.7 Å². The van der Waals surface area contributed by atoms with Crippen LogP contribution < -0.4 is 0 Å². The highest BCUT2D eigenvalue weighted by molar-refractivity contribution is 5.86. The molecule has 0 radical (unpaired) electrons. The van der Waals surface area contributed by atoms with Crippen molar-refractivity contribution < 1.29 is 23.1 Å². The van der Waals surface area contributed by atoms with Gasteiger partial charge in [-0.05, 0) is 6.07 Å². The van der Waals surface area contributed by atoms with Gasteiger partial charge in [0.2, 0.25) is 0 Å². The maximum absolute atomic E-state index is 13.1. The minimum absolute atomic E-state index is 0.137. The molecule has 108 valence electrons. The van der Waals surface area contributed by atoms with Crippen molar-refractivity contribution in [2.45, 2.75) is 32.4 Å². The first-order chi connectivity index (χ1) is 9.00. The van der Waals surface area contributed by atoms with Gasteiger partial charge in [0, 0.05) is 11.5 Å². The number of nitrogens with zero attached hydrogens (tertiary/aromatic N) is 3. The Labute approximate surface area is 112 Å². The van der Waals surface area contributed by atoms with Crippen LogP contribution in [0.2, 0.25) is 0 Å². The topological polar surface area (TPSA) is 67.5 Å². The molecule has 20 heavy (non-hydrogen) atoms. The van der Waals surface area contributed by atoms with Gasteiger partial charge in [-0.1, -0.05) is 20.8 Å². The van der Waals surface area contributed by atoms with E-state index in [1.807, 2.05) is 0 Å². The lowest BCUT2D eigenvalue weighted by Crippen LogP contribution is -2.20. The second-order valence-corrected chi connectivity index (χ2v) is 5.38. The molecule has 0 bridgehead atoms. The monoisotopic (exact) mass is 287 g/mol. The van der Waals surface area contributed by atoms with Crippen molar-refractivity contribution in [2.75, 3.05) is 0 Å². The summed E-state index contributed by atoms with van der Waals surface area (Å²) in [6.07, 6.45) is -4.65. The molecule has 2 rings (SSSR count). The highest BCUT2D eigenvalue weighted by atomic mass is 19.4. The standard InChI is InChI=1S/C12H12F3N3O2/c1-11(2,3)7-5-8(12(13,14)15)18-9(16-7)4-6(17-18)10(19)20/h4-5H,1-3H3,(H,19,20). The van der Waals surface area contributed by atoms with Crippen LogP contribution in [0.4, 0.5) is 13.2 Å². The van der Waals surface area contributed by atoms with E-state index in [1.54, 1.807) is 20.8 Å². The van der Waals surface area contributed by atoms with E-state index in [0.29, 0.717) is 4.52 Å². The summed E-state index contributed by atoms with van der Waals surface area (Å²) >= 11 is 0. The molecule has 2 heterocycles. The molecule has 1 N–H and O–H groups in total. The number of aromatic carboxylic acids is 1. The summed E-state index contributed by atoms with van der Waals surface area (Å²) in [6.45, 7) is 5.17. The summed E-state index contributed by atoms with van der Waals surface area (Å²) in [5.74, 6) is -1.40. The largest absolute Gasteiger partial charge is 0.476 e. The van der Waals surface area contributed by atoms with Gasteiger partial charge in [-0.25, -0.2) is 14.3 Å². The highest BCUT2D eigenvalue weighted by Gasteiger charge is 2.36. The fraction of sp³-hybridized carbons (Fsp3) is 0.417. The summed E-state index contributed by atoms with van der Waals surface area (Å²) in [6, 6.07) is 1.92. The predicted octanol–water partition coefficient (Wildman–Crippen LogP) is 2.74. The van der Waals surface area contributed by atoms with Gasteiger partial charge in [0.05, 0.1) is 5.69 Å². The molecule has 2 aromatic heterocycles. The van der Waals surface area contributed by atoms with Crippen molar-refractivity contribution in [3.05, 3.63) is 29.2 Å². The fourth-order valence-electron chi connectivity index (χ4n) is 1.67. The van der Waals surface area contributed by atoms with Crippen molar-refractivity contribution in [3.8, 4) is 0 Å². The van der Waals surface area contributed by atoms with Crippen LogP contribution in [0.3, 0.4) is 0 Å². The fourth-order valence-corrected chi connectivity index (χ4v) is 1.67. The molecule has 0 saturated heterocycles. The minimum atomic E-state index is -4.65. The summed E-state index contributed by atoms with van der Waals surface area (Å²) in [4.78, 5) is 14.9. The van der Waals surface area contributed by atoms with E-state index in [1.165, 1.54) is 0 Å². The first-order valence-electron chi connectivity index (χ1n) is 5.72. The Bertz CT molecular complexity index is 684. The zero-order valence-corrected chi connectivity index (χ0v) is 11.0. The maximum atomic E-state index is 13.1. The molecule has 2 aromatic rings. The number of hydrogen-bond donors (Lipinski definition) is 1. The molecule has 0 aliphatic heterocycles. The van der Waals surface area contributed by atoms with Crippen LogP contribution in [0.25, 0.3) is 5.65 Å². The van der Waals surface area contributed by atoms with Crippen molar-refractivity contribution in [1.29, 1.82) is 0 Å². The van der Waals surface area contributed by atoms with Gasteiger partial charge in [0.15, 0.2) is 11.3 Å². The summed E-state index contributed by atoms with van der Waals surface area (Å²) in [5.41, 5.74) is -2.04. The molecule has 0 spiro atoms. The Balaban J connectivity index is 2.82. The predicted molar refractivity (Wildman–Crippen MR) is 63.6 cm³/mol. The van der Waals surface area contributed by atoms with E-state index >= 15 is 0 Å². The lowest BCUT2D eigenvalue weighted by atomic mass is 9.91. The SMILES string of the molecule is CC(C)(C)c1cc(C(F)(F)F)n2nc(C(=O)O)cc2n1. The van der Waals surface area contributed by atoms with Gasteiger partial charge in [-0.15, -0.1) is 0 Å². The number of carboxylic acid groups (broad SMARTS) is 1. The molecule has 0 unspecified atom stereocenters. The van der Waals surface area contributed by atoms with Gasteiger partial charge >= 0.3 is 12.1 Å². The third-order valence-electron chi connectivity index (χ3n) is 2.71. The lowest BCUT2D eigenvalue weighted by molar-refractivity contribution is -0.142. The number of carbonyl (C=O) groups is 1. The minimum Gasteiger partial charge on any atom is -0.476 e. The summed E-state index contributed by atoms with van der Waals surface area (Å²) in [7, 11) is 0. The number of alkyl halides is 3. The quantitative estimate of drug-likeness (QED) is 0.875. The summed E-state index contributed by atoms with van der Waals surface area (Å²) in [5, 5.41) is 12.3. The molecular weight excluding hydrogens is 275 g/mol. The van der Waals surface area contributed by atoms with Crippen molar-refractivity contribution in [2.24, 2.45) is 0 Å². The molecule has 0 fully saturated rings. The van der Waals surface area contributed by atoms with Gasteiger partial charge in [-0.3, -0.25) is 0 Å². The lowest BCUT2D eigenvalue weighted by Gasteiger charge is -2.19. The van der Waals surface area contributed by atoms with Crippen LogP contribution >= 0.6 is 0 Å². The Kier molecular flexibility index (Phi) is 2.99. The number of aromatic nitrogens is 3. The van der Waals surface area contributed by atoms with E-state index in [9.17, 15) is 18.0 Å². The first-order valence-corrected chi connectivity index (χ1v) is 5.72. The van der Waals surface area contributed by atoms with E-state index in [4.69, 9.17) is 5.11 Å². The third kappa shape index (κ3) is 2.45. The van der Waals surface area contributed by atoms with Gasteiger partial charge < -0.3 is 5.11 Å². The Morgan fingerprint density at radius 1 is 1.25 bits per heavy atom. The molecule has 0 aliphatic rings. The second kappa shape index (κ2) is 4.19. The number of hydrogen-bond acceptors (Lipinski definition) is 3. The average molecular weight is 287 g/mol. The van der Waals surface area contributed by atoms with Gasteiger partial charge in [0.1, 0.15) is 5.69 Å². The second-order valence-electron chi connectivity index (χ2n) is 5.38. The van der Waals surface area contributed by atoms with Crippen LogP contribution in [0, 0.1) is 0 Å².